The zero-order chi connectivity index (χ0) is 21.6. The molecule has 0 radical (unpaired) electrons. The quantitative estimate of drug-likeness (QED) is 0.600. The molecule has 10 heteroatoms. The minimum Gasteiger partial charge on any atom is -0.481 e. The predicted molar refractivity (Wildman–Crippen MR) is 106 cm³/mol. The van der Waals surface area contributed by atoms with Crippen LogP contribution in [0.4, 0.5) is 4.39 Å². The van der Waals surface area contributed by atoms with E-state index in [1.807, 2.05) is 0 Å². The molecule has 0 bridgehead atoms. The van der Waals surface area contributed by atoms with Crippen molar-refractivity contribution in [3.05, 3.63) is 63.9 Å². The number of rotatable bonds is 6. The Morgan fingerprint density at radius 1 is 0.966 bits per heavy atom. The molecule has 0 aliphatic heterocycles. The average Bonchev–Trinajstić information content (AvgIpc) is 2.69. The van der Waals surface area contributed by atoms with Gasteiger partial charge in [-0.2, -0.15) is 0 Å². The number of amides is 3. The second-order valence-corrected chi connectivity index (χ2v) is 6.77. The van der Waals surface area contributed by atoms with Crippen LogP contribution in [0.2, 0.25) is 10.0 Å². The molecule has 0 saturated carbocycles. The SMILES string of the molecule is CC(NC(=O)c1cccc(Cl)c1Cl)C(=O)NNC(=O)C(C)Oc1ccc(F)cc1. The lowest BCUT2D eigenvalue weighted by Crippen LogP contribution is -2.53. The van der Waals surface area contributed by atoms with Crippen molar-refractivity contribution in [1.29, 1.82) is 0 Å². The summed E-state index contributed by atoms with van der Waals surface area (Å²) in [6.45, 7) is 2.88. The highest BCUT2D eigenvalue weighted by Crippen LogP contribution is 2.25. The van der Waals surface area contributed by atoms with Crippen molar-refractivity contribution >= 4 is 40.9 Å². The third-order valence-electron chi connectivity index (χ3n) is 3.74. The van der Waals surface area contributed by atoms with E-state index in [4.69, 9.17) is 27.9 Å². The first-order valence-electron chi connectivity index (χ1n) is 8.46. The van der Waals surface area contributed by atoms with Crippen molar-refractivity contribution in [2.45, 2.75) is 26.0 Å². The molecule has 2 atom stereocenters. The van der Waals surface area contributed by atoms with Gasteiger partial charge in [-0.05, 0) is 50.2 Å². The maximum absolute atomic E-state index is 12.9. The van der Waals surface area contributed by atoms with Gasteiger partial charge < -0.3 is 10.1 Å². The van der Waals surface area contributed by atoms with Crippen molar-refractivity contribution in [2.24, 2.45) is 0 Å². The van der Waals surface area contributed by atoms with Crippen molar-refractivity contribution in [3.63, 3.8) is 0 Å². The standard InChI is InChI=1S/C19H18Cl2FN3O4/c1-10(23-19(28)14-4-3-5-15(20)16(14)21)17(26)24-25-18(27)11(2)29-13-8-6-12(22)7-9-13/h3-11H,1-2H3,(H,23,28)(H,24,26)(H,25,27). The number of hydrazine groups is 1. The summed E-state index contributed by atoms with van der Waals surface area (Å²) in [5.41, 5.74) is 4.50. The lowest BCUT2D eigenvalue weighted by Gasteiger charge is -2.18. The van der Waals surface area contributed by atoms with Crippen LogP contribution in [0, 0.1) is 5.82 Å². The molecule has 0 aliphatic rings. The molecule has 3 N–H and O–H groups in total. The Bertz CT molecular complexity index is 909. The molecule has 0 aromatic heterocycles. The summed E-state index contributed by atoms with van der Waals surface area (Å²) in [4.78, 5) is 36.4. The molecule has 3 amide bonds. The van der Waals surface area contributed by atoms with E-state index in [9.17, 15) is 18.8 Å². The Balaban J connectivity index is 1.84. The fraction of sp³-hybridized carbons (Fsp3) is 0.211. The molecule has 0 fully saturated rings. The molecular weight excluding hydrogens is 424 g/mol. The summed E-state index contributed by atoms with van der Waals surface area (Å²) >= 11 is 11.8. The highest BCUT2D eigenvalue weighted by atomic mass is 35.5. The van der Waals surface area contributed by atoms with Crippen LogP contribution in [-0.4, -0.2) is 29.9 Å². The number of halogens is 3. The van der Waals surface area contributed by atoms with E-state index >= 15 is 0 Å². The van der Waals surface area contributed by atoms with Crippen LogP contribution in [0.1, 0.15) is 24.2 Å². The van der Waals surface area contributed by atoms with Gasteiger partial charge in [-0.25, -0.2) is 4.39 Å². The second-order valence-electron chi connectivity index (χ2n) is 5.99. The van der Waals surface area contributed by atoms with Crippen LogP contribution >= 0.6 is 23.2 Å². The first kappa shape index (κ1) is 22.4. The Morgan fingerprint density at radius 3 is 2.24 bits per heavy atom. The van der Waals surface area contributed by atoms with Crippen molar-refractivity contribution in [1.82, 2.24) is 16.2 Å². The molecular formula is C19H18Cl2FN3O4. The summed E-state index contributed by atoms with van der Waals surface area (Å²) in [7, 11) is 0. The number of benzene rings is 2. The zero-order valence-corrected chi connectivity index (χ0v) is 17.0. The molecule has 0 aliphatic carbocycles. The molecule has 29 heavy (non-hydrogen) atoms. The Hall–Kier alpha value is -2.84. The fourth-order valence-electron chi connectivity index (χ4n) is 2.12. The highest BCUT2D eigenvalue weighted by Gasteiger charge is 2.21. The van der Waals surface area contributed by atoms with E-state index < -0.39 is 35.7 Å². The number of hydrogen-bond acceptors (Lipinski definition) is 4. The van der Waals surface area contributed by atoms with Gasteiger partial charge in [0, 0.05) is 0 Å². The maximum atomic E-state index is 12.9. The first-order chi connectivity index (χ1) is 13.7. The monoisotopic (exact) mass is 441 g/mol. The summed E-state index contributed by atoms with van der Waals surface area (Å²) in [6, 6.07) is 8.69. The van der Waals surface area contributed by atoms with Crippen LogP contribution in [-0.2, 0) is 9.59 Å². The van der Waals surface area contributed by atoms with Gasteiger partial charge in [0.1, 0.15) is 17.6 Å². The smallest absolute Gasteiger partial charge is 0.279 e. The van der Waals surface area contributed by atoms with Gasteiger partial charge in [0.2, 0.25) is 0 Å². The summed E-state index contributed by atoms with van der Waals surface area (Å²) < 4.78 is 18.2. The predicted octanol–water partition coefficient (Wildman–Crippen LogP) is 2.87. The number of nitrogens with one attached hydrogen (secondary N) is 3. The van der Waals surface area contributed by atoms with E-state index in [-0.39, 0.29) is 15.6 Å². The van der Waals surface area contributed by atoms with Crippen molar-refractivity contribution in [3.8, 4) is 5.75 Å². The average molecular weight is 442 g/mol. The molecule has 2 rings (SSSR count). The molecule has 0 heterocycles. The Morgan fingerprint density at radius 2 is 1.59 bits per heavy atom. The van der Waals surface area contributed by atoms with Crippen LogP contribution in [0.25, 0.3) is 0 Å². The van der Waals surface area contributed by atoms with Gasteiger partial charge in [0.15, 0.2) is 6.10 Å². The number of ether oxygens (including phenoxy) is 1. The van der Waals surface area contributed by atoms with E-state index in [1.54, 1.807) is 6.07 Å². The normalized spacial score (nSPS) is 12.4. The topological polar surface area (TPSA) is 96.5 Å². The van der Waals surface area contributed by atoms with Gasteiger partial charge in [0.25, 0.3) is 17.7 Å². The fourth-order valence-corrected chi connectivity index (χ4v) is 2.51. The van der Waals surface area contributed by atoms with Gasteiger partial charge in [-0.1, -0.05) is 29.3 Å². The molecule has 2 aromatic carbocycles. The Kier molecular flexibility index (Phi) is 7.81. The maximum Gasteiger partial charge on any atom is 0.279 e. The Labute approximate surface area is 176 Å². The zero-order valence-electron chi connectivity index (χ0n) is 15.5. The van der Waals surface area contributed by atoms with Gasteiger partial charge in [-0.15, -0.1) is 0 Å². The van der Waals surface area contributed by atoms with Crippen molar-refractivity contribution < 1.29 is 23.5 Å². The van der Waals surface area contributed by atoms with Crippen LogP contribution in [0.3, 0.4) is 0 Å². The largest absolute Gasteiger partial charge is 0.481 e. The minimum absolute atomic E-state index is 0.0688. The lowest BCUT2D eigenvalue weighted by molar-refractivity contribution is -0.133. The summed E-state index contributed by atoms with van der Waals surface area (Å²) in [6.07, 6.45) is -0.962. The van der Waals surface area contributed by atoms with Gasteiger partial charge in [0.05, 0.1) is 15.6 Å². The van der Waals surface area contributed by atoms with Crippen LogP contribution in [0.15, 0.2) is 42.5 Å². The van der Waals surface area contributed by atoms with E-state index in [2.05, 4.69) is 16.2 Å². The number of carbonyl (C=O) groups is 3. The molecule has 2 aromatic rings. The molecule has 7 nitrogen and oxygen atoms in total. The highest BCUT2D eigenvalue weighted by molar-refractivity contribution is 6.43. The van der Waals surface area contributed by atoms with Gasteiger partial charge >= 0.3 is 0 Å². The van der Waals surface area contributed by atoms with Crippen LogP contribution in [0.5, 0.6) is 5.75 Å². The molecule has 0 saturated heterocycles. The summed E-state index contributed by atoms with van der Waals surface area (Å²) in [5, 5.41) is 2.73. The molecule has 0 spiro atoms. The summed E-state index contributed by atoms with van der Waals surface area (Å²) in [5.74, 6) is -2.05. The molecule has 154 valence electrons. The van der Waals surface area contributed by atoms with Gasteiger partial charge in [-0.3, -0.25) is 25.2 Å². The third kappa shape index (κ3) is 6.33. The second kappa shape index (κ2) is 10.1. The number of hydrogen-bond donors (Lipinski definition) is 3. The number of carbonyl (C=O) groups excluding carboxylic acids is 3. The van der Waals surface area contributed by atoms with Crippen molar-refractivity contribution in [2.75, 3.05) is 0 Å². The minimum atomic E-state index is -0.980. The first-order valence-corrected chi connectivity index (χ1v) is 9.21. The van der Waals surface area contributed by atoms with Crippen LogP contribution < -0.4 is 20.9 Å². The van der Waals surface area contributed by atoms with E-state index in [0.717, 1.165) is 0 Å². The molecule has 2 unspecified atom stereocenters. The lowest BCUT2D eigenvalue weighted by atomic mass is 10.2. The van der Waals surface area contributed by atoms with E-state index in [1.165, 1.54) is 50.2 Å². The van der Waals surface area contributed by atoms with E-state index in [0.29, 0.717) is 5.75 Å². The third-order valence-corrected chi connectivity index (χ3v) is 4.56.